The van der Waals surface area contributed by atoms with Crippen molar-refractivity contribution in [2.24, 2.45) is 4.99 Å². The van der Waals surface area contributed by atoms with E-state index in [0.29, 0.717) is 10.0 Å². The number of hydrogen-bond acceptors (Lipinski definition) is 2. The van der Waals surface area contributed by atoms with Crippen LogP contribution in [0.3, 0.4) is 0 Å². The van der Waals surface area contributed by atoms with Crippen LogP contribution in [0.15, 0.2) is 27.7 Å². The van der Waals surface area contributed by atoms with Gasteiger partial charge in [0.15, 0.2) is 11.5 Å². The van der Waals surface area contributed by atoms with Gasteiger partial charge >= 0.3 is 6.18 Å². The summed E-state index contributed by atoms with van der Waals surface area (Å²) in [4.78, 5) is 14.6. The van der Waals surface area contributed by atoms with Crippen LogP contribution in [0.5, 0.6) is 0 Å². The van der Waals surface area contributed by atoms with Gasteiger partial charge in [0.1, 0.15) is 0 Å². The fraction of sp³-hybridized carbons (Fsp3) is 0.200. The van der Waals surface area contributed by atoms with Crippen molar-refractivity contribution in [3.05, 3.63) is 28.2 Å². The van der Waals surface area contributed by atoms with E-state index in [1.54, 1.807) is 12.1 Å². The van der Waals surface area contributed by atoms with Gasteiger partial charge in [-0.15, -0.1) is 0 Å². The second-order valence-electron chi connectivity index (χ2n) is 3.33. The number of rotatable bonds is 0. The van der Waals surface area contributed by atoms with Crippen molar-refractivity contribution in [2.75, 3.05) is 0 Å². The number of ketones is 1. The number of fused-ring (bicyclic) bond motifs is 1. The molecule has 1 aliphatic heterocycles. The molecule has 16 heavy (non-hydrogen) atoms. The number of carbonyl (C=O) groups excluding carboxylic acids is 1. The molecule has 0 spiro atoms. The Hall–Kier alpha value is -1.17. The topological polar surface area (TPSA) is 29.4 Å². The molecule has 0 bridgehead atoms. The summed E-state index contributed by atoms with van der Waals surface area (Å²) in [5.41, 5.74) is -0.611. The zero-order chi connectivity index (χ0) is 11.9. The molecule has 0 saturated heterocycles. The average molecular weight is 292 g/mol. The maximum atomic E-state index is 12.4. The molecule has 1 aliphatic rings. The summed E-state index contributed by atoms with van der Waals surface area (Å²) in [6.07, 6.45) is -4.93. The molecule has 1 heterocycles. The minimum atomic E-state index is -4.68. The van der Waals surface area contributed by atoms with E-state index < -0.39 is 17.7 Å². The highest BCUT2D eigenvalue weighted by atomic mass is 79.9. The first-order valence-corrected chi connectivity index (χ1v) is 5.15. The van der Waals surface area contributed by atoms with E-state index in [4.69, 9.17) is 0 Å². The Bertz CT molecular complexity index is 493. The predicted molar refractivity (Wildman–Crippen MR) is 56.0 cm³/mol. The number of alkyl halides is 3. The molecule has 0 fully saturated rings. The van der Waals surface area contributed by atoms with Crippen LogP contribution in [0.1, 0.15) is 5.56 Å². The van der Waals surface area contributed by atoms with Gasteiger partial charge in [0.05, 0.1) is 5.69 Å². The van der Waals surface area contributed by atoms with Gasteiger partial charge < -0.3 is 0 Å². The van der Waals surface area contributed by atoms with E-state index in [-0.39, 0.29) is 12.1 Å². The number of halogens is 4. The monoisotopic (exact) mass is 291 g/mol. The minimum absolute atomic E-state index is 0.196. The minimum Gasteiger partial charge on any atom is -0.292 e. The third-order valence-corrected chi connectivity index (χ3v) is 2.66. The van der Waals surface area contributed by atoms with E-state index in [1.807, 2.05) is 0 Å². The number of carbonyl (C=O) groups is 1. The molecule has 84 valence electrons. The summed E-state index contributed by atoms with van der Waals surface area (Å²) in [6.45, 7) is 0. The molecule has 0 N–H and O–H groups in total. The van der Waals surface area contributed by atoms with Crippen molar-refractivity contribution in [1.82, 2.24) is 0 Å². The maximum absolute atomic E-state index is 12.4. The fourth-order valence-corrected chi connectivity index (χ4v) is 1.80. The summed E-state index contributed by atoms with van der Waals surface area (Å²) >= 11 is 3.14. The van der Waals surface area contributed by atoms with Crippen molar-refractivity contribution in [3.8, 4) is 0 Å². The third kappa shape index (κ3) is 2.02. The van der Waals surface area contributed by atoms with E-state index in [9.17, 15) is 18.0 Å². The molecule has 0 aromatic heterocycles. The summed E-state index contributed by atoms with van der Waals surface area (Å²) in [5.74, 6) is -0.984. The number of nitrogens with zero attached hydrogens (tertiary/aromatic N) is 1. The molecule has 2 nitrogen and oxygen atoms in total. The van der Waals surface area contributed by atoms with E-state index in [0.717, 1.165) is 0 Å². The first-order valence-electron chi connectivity index (χ1n) is 4.35. The van der Waals surface area contributed by atoms with Gasteiger partial charge in [-0.1, -0.05) is 22.0 Å². The van der Waals surface area contributed by atoms with Crippen molar-refractivity contribution in [1.29, 1.82) is 0 Å². The number of benzene rings is 1. The Morgan fingerprint density at radius 1 is 1.31 bits per heavy atom. The molecule has 1 aromatic rings. The SMILES string of the molecule is O=C1Cc2ccc(Br)cc2N=C1C(F)(F)F. The standard InChI is InChI=1S/C10H5BrF3NO/c11-6-2-1-5-3-8(16)9(10(12,13)14)15-7(5)4-6/h1-2,4H,3H2. The van der Waals surface area contributed by atoms with Crippen LogP contribution >= 0.6 is 15.9 Å². The van der Waals surface area contributed by atoms with Crippen molar-refractivity contribution in [2.45, 2.75) is 12.6 Å². The zero-order valence-corrected chi connectivity index (χ0v) is 9.39. The lowest BCUT2D eigenvalue weighted by molar-refractivity contribution is -0.116. The normalized spacial score (nSPS) is 15.8. The van der Waals surface area contributed by atoms with Crippen LogP contribution in [-0.2, 0) is 11.2 Å². The molecule has 0 aliphatic carbocycles. The van der Waals surface area contributed by atoms with Gasteiger partial charge in [-0.2, -0.15) is 13.2 Å². The molecule has 6 heteroatoms. The zero-order valence-electron chi connectivity index (χ0n) is 7.81. The van der Waals surface area contributed by atoms with Crippen LogP contribution in [0.25, 0.3) is 0 Å². The van der Waals surface area contributed by atoms with Gasteiger partial charge in [-0.25, -0.2) is 4.99 Å². The molecule has 0 unspecified atom stereocenters. The van der Waals surface area contributed by atoms with Gasteiger partial charge in [0.25, 0.3) is 0 Å². The van der Waals surface area contributed by atoms with Gasteiger partial charge in [-0.3, -0.25) is 4.79 Å². The summed E-state index contributed by atoms with van der Waals surface area (Å²) in [7, 11) is 0. The largest absolute Gasteiger partial charge is 0.436 e. The Kier molecular flexibility index (Phi) is 2.61. The quantitative estimate of drug-likeness (QED) is 0.722. The second kappa shape index (κ2) is 3.69. The van der Waals surface area contributed by atoms with Crippen molar-refractivity contribution in [3.63, 3.8) is 0 Å². The average Bonchev–Trinajstić information content (AvgIpc) is 2.16. The number of Topliss-reactive ketones (excluding diaryl/α,β-unsaturated/α-hetero) is 1. The van der Waals surface area contributed by atoms with Crippen LogP contribution < -0.4 is 0 Å². The predicted octanol–water partition coefficient (Wildman–Crippen LogP) is 3.21. The molecule has 1 aromatic carbocycles. The van der Waals surface area contributed by atoms with E-state index in [1.165, 1.54) is 6.07 Å². The highest BCUT2D eigenvalue weighted by molar-refractivity contribution is 9.10. The van der Waals surface area contributed by atoms with Crippen molar-refractivity contribution < 1.29 is 18.0 Å². The second-order valence-corrected chi connectivity index (χ2v) is 4.25. The highest BCUT2D eigenvalue weighted by Gasteiger charge is 2.42. The summed E-state index contributed by atoms with van der Waals surface area (Å²) < 4.78 is 37.9. The fourth-order valence-electron chi connectivity index (χ4n) is 1.45. The molecular formula is C10H5BrF3NO. The van der Waals surface area contributed by atoms with Gasteiger partial charge in [0.2, 0.25) is 0 Å². The summed E-state index contributed by atoms with van der Waals surface area (Å²) in [5, 5.41) is 0. The Labute approximate surface area is 97.3 Å². The lowest BCUT2D eigenvalue weighted by Crippen LogP contribution is -2.33. The third-order valence-electron chi connectivity index (χ3n) is 2.16. The van der Waals surface area contributed by atoms with Gasteiger partial charge in [0, 0.05) is 10.9 Å². The van der Waals surface area contributed by atoms with Crippen LogP contribution in [0.4, 0.5) is 18.9 Å². The Balaban J connectivity index is 2.55. The first-order chi connectivity index (χ1) is 7.38. The van der Waals surface area contributed by atoms with Crippen molar-refractivity contribution >= 4 is 33.1 Å². The highest BCUT2D eigenvalue weighted by Crippen LogP contribution is 2.32. The van der Waals surface area contributed by atoms with Crippen LogP contribution in [-0.4, -0.2) is 17.7 Å². The van der Waals surface area contributed by atoms with E-state index in [2.05, 4.69) is 20.9 Å². The lowest BCUT2D eigenvalue weighted by Gasteiger charge is -2.16. The van der Waals surface area contributed by atoms with Gasteiger partial charge in [-0.05, 0) is 17.7 Å². The molecule has 0 radical (unpaired) electrons. The number of hydrogen-bond donors (Lipinski definition) is 0. The molecule has 2 rings (SSSR count). The number of aliphatic imine (C=N–C) groups is 1. The molecule has 0 atom stereocenters. The molecular weight excluding hydrogens is 287 g/mol. The lowest BCUT2D eigenvalue weighted by atomic mass is 10.0. The smallest absolute Gasteiger partial charge is 0.292 e. The van der Waals surface area contributed by atoms with Crippen LogP contribution in [0, 0.1) is 0 Å². The summed E-state index contributed by atoms with van der Waals surface area (Å²) in [6, 6.07) is 4.72. The Morgan fingerprint density at radius 2 is 2.00 bits per heavy atom. The first kappa shape index (κ1) is 11.3. The Morgan fingerprint density at radius 3 is 2.62 bits per heavy atom. The van der Waals surface area contributed by atoms with Crippen LogP contribution in [0.2, 0.25) is 0 Å². The molecule has 0 saturated carbocycles. The van der Waals surface area contributed by atoms with E-state index >= 15 is 0 Å². The molecule has 0 amide bonds. The maximum Gasteiger partial charge on any atom is 0.436 e.